The van der Waals surface area contributed by atoms with Crippen LogP contribution < -0.4 is 4.74 Å². The third-order valence-corrected chi connectivity index (χ3v) is 2.27. The minimum Gasteiger partial charge on any atom is -0.496 e. The highest BCUT2D eigenvalue weighted by atomic mass is 16.6. The van der Waals surface area contributed by atoms with Crippen LogP contribution >= 0.6 is 0 Å². The molecule has 0 aliphatic rings. The maximum atomic E-state index is 11.5. The summed E-state index contributed by atoms with van der Waals surface area (Å²) in [5.41, 5.74) is 0.0565. The van der Waals surface area contributed by atoms with Gasteiger partial charge in [-0.3, -0.25) is 0 Å². The Morgan fingerprint density at radius 3 is 2.40 bits per heavy atom. The maximum absolute atomic E-state index is 11.5. The van der Waals surface area contributed by atoms with Crippen molar-refractivity contribution in [3.63, 3.8) is 0 Å². The fourth-order valence-electron chi connectivity index (χ4n) is 1.50. The number of esters is 1. The largest absolute Gasteiger partial charge is 0.496 e. The first-order valence-corrected chi connectivity index (χ1v) is 6.05. The second kappa shape index (κ2) is 6.23. The number of carboxylic acid groups (broad SMARTS) is 1. The lowest BCUT2D eigenvalue weighted by molar-refractivity contribution is -0.148. The summed E-state index contributed by atoms with van der Waals surface area (Å²) in [5, 5.41) is 9.06. The van der Waals surface area contributed by atoms with Crippen LogP contribution in [0.1, 0.15) is 36.7 Å². The van der Waals surface area contributed by atoms with Crippen molar-refractivity contribution in [3.8, 4) is 5.75 Å². The molecule has 0 aromatic heterocycles. The molecule has 0 spiro atoms. The van der Waals surface area contributed by atoms with Gasteiger partial charge in [0.2, 0.25) is 0 Å². The van der Waals surface area contributed by atoms with Crippen molar-refractivity contribution in [1.82, 2.24) is 0 Å². The lowest BCUT2D eigenvalue weighted by Crippen LogP contribution is -2.22. The molecule has 0 amide bonds. The molecule has 5 nitrogen and oxygen atoms in total. The zero-order valence-corrected chi connectivity index (χ0v) is 12.0. The van der Waals surface area contributed by atoms with Crippen molar-refractivity contribution in [2.75, 3.05) is 7.11 Å². The molecule has 1 aromatic carbocycles. The fourth-order valence-corrected chi connectivity index (χ4v) is 1.50. The minimum absolute atomic E-state index is 0.0406. The normalized spacial score (nSPS) is 11.4. The lowest BCUT2D eigenvalue weighted by Gasteiger charge is -2.17. The van der Waals surface area contributed by atoms with E-state index in [1.165, 1.54) is 31.4 Å². The molecule has 0 saturated heterocycles. The summed E-state index contributed by atoms with van der Waals surface area (Å²) in [6, 6.07) is 4.63. The minimum atomic E-state index is -1.09. The molecule has 20 heavy (non-hydrogen) atoms. The Hall–Kier alpha value is -2.30. The summed E-state index contributed by atoms with van der Waals surface area (Å²) in [6.07, 6.45) is 2.76. The first-order chi connectivity index (χ1) is 9.23. The van der Waals surface area contributed by atoms with E-state index in [0.717, 1.165) is 0 Å². The van der Waals surface area contributed by atoms with E-state index in [4.69, 9.17) is 14.6 Å². The van der Waals surface area contributed by atoms with Crippen LogP contribution in [0, 0.1) is 0 Å². The molecular formula is C15H18O5. The monoisotopic (exact) mass is 278 g/mol. The smallest absolute Gasteiger partial charge is 0.339 e. The van der Waals surface area contributed by atoms with Crippen LogP contribution in [-0.4, -0.2) is 29.8 Å². The van der Waals surface area contributed by atoms with Gasteiger partial charge in [0.1, 0.15) is 16.9 Å². The van der Waals surface area contributed by atoms with Gasteiger partial charge in [0.05, 0.1) is 7.11 Å². The van der Waals surface area contributed by atoms with Crippen molar-refractivity contribution < 1.29 is 24.2 Å². The van der Waals surface area contributed by atoms with Crippen LogP contribution in [0.15, 0.2) is 24.3 Å². The molecular weight excluding hydrogens is 260 g/mol. The van der Waals surface area contributed by atoms with Gasteiger partial charge in [-0.15, -0.1) is 0 Å². The van der Waals surface area contributed by atoms with Crippen molar-refractivity contribution in [2.45, 2.75) is 26.4 Å². The van der Waals surface area contributed by atoms with Gasteiger partial charge >= 0.3 is 11.9 Å². The van der Waals surface area contributed by atoms with Crippen molar-refractivity contribution in [1.29, 1.82) is 0 Å². The Morgan fingerprint density at radius 2 is 1.90 bits per heavy atom. The molecule has 1 rings (SSSR count). The zero-order valence-electron chi connectivity index (χ0n) is 12.0. The van der Waals surface area contributed by atoms with Crippen molar-refractivity contribution in [3.05, 3.63) is 35.4 Å². The molecule has 0 aliphatic heterocycles. The molecule has 0 saturated carbocycles. The van der Waals surface area contributed by atoms with E-state index in [1.807, 2.05) is 0 Å². The second-order valence-corrected chi connectivity index (χ2v) is 5.13. The summed E-state index contributed by atoms with van der Waals surface area (Å²) in [5.74, 6) is -1.30. The highest BCUT2D eigenvalue weighted by molar-refractivity contribution is 5.92. The second-order valence-electron chi connectivity index (χ2n) is 5.13. The molecule has 0 aliphatic carbocycles. The standard InChI is InChI=1S/C15H18O5/c1-15(2,3)20-13(16)8-6-10-5-7-12(19-4)11(9-10)14(17)18/h5-9H,1-4H3,(H,17,18)/b8-6+. The number of hydrogen-bond acceptors (Lipinski definition) is 4. The van der Waals surface area contributed by atoms with Crippen LogP contribution in [0.3, 0.4) is 0 Å². The predicted molar refractivity (Wildman–Crippen MR) is 74.8 cm³/mol. The van der Waals surface area contributed by atoms with Gasteiger partial charge in [-0.2, -0.15) is 0 Å². The number of aromatic carboxylic acids is 1. The van der Waals surface area contributed by atoms with E-state index < -0.39 is 17.5 Å². The third-order valence-electron chi connectivity index (χ3n) is 2.27. The van der Waals surface area contributed by atoms with E-state index in [0.29, 0.717) is 5.56 Å². The number of hydrogen-bond donors (Lipinski definition) is 1. The Bertz CT molecular complexity index is 538. The predicted octanol–water partition coefficient (Wildman–Crippen LogP) is 2.75. The molecule has 0 bridgehead atoms. The number of ether oxygens (including phenoxy) is 2. The highest BCUT2D eigenvalue weighted by Gasteiger charge is 2.14. The fraction of sp³-hybridized carbons (Fsp3) is 0.333. The van der Waals surface area contributed by atoms with Crippen LogP contribution in [0.25, 0.3) is 6.08 Å². The Kier molecular flexibility index (Phi) is 4.91. The highest BCUT2D eigenvalue weighted by Crippen LogP contribution is 2.20. The topological polar surface area (TPSA) is 72.8 Å². The van der Waals surface area contributed by atoms with Gasteiger partial charge in [0.25, 0.3) is 0 Å². The van der Waals surface area contributed by atoms with Crippen LogP contribution in [-0.2, 0) is 9.53 Å². The Morgan fingerprint density at radius 1 is 1.25 bits per heavy atom. The summed E-state index contributed by atoms with van der Waals surface area (Å²) >= 11 is 0. The molecule has 1 aromatic rings. The van der Waals surface area contributed by atoms with Crippen LogP contribution in [0.2, 0.25) is 0 Å². The van der Waals surface area contributed by atoms with Crippen LogP contribution in [0.4, 0.5) is 0 Å². The summed E-state index contributed by atoms with van der Waals surface area (Å²) in [7, 11) is 1.40. The van der Waals surface area contributed by atoms with E-state index >= 15 is 0 Å². The van der Waals surface area contributed by atoms with Crippen LogP contribution in [0.5, 0.6) is 5.75 Å². The number of carbonyl (C=O) groups excluding carboxylic acids is 1. The zero-order chi connectivity index (χ0) is 15.3. The number of benzene rings is 1. The van der Waals surface area contributed by atoms with Gasteiger partial charge in [-0.25, -0.2) is 9.59 Å². The third kappa shape index (κ3) is 4.76. The van der Waals surface area contributed by atoms with Gasteiger partial charge in [-0.1, -0.05) is 6.07 Å². The molecule has 0 unspecified atom stereocenters. The van der Waals surface area contributed by atoms with E-state index in [9.17, 15) is 9.59 Å². The number of carboxylic acids is 1. The molecule has 0 radical (unpaired) electrons. The number of carbonyl (C=O) groups is 2. The first-order valence-electron chi connectivity index (χ1n) is 6.05. The SMILES string of the molecule is COc1ccc(/C=C/C(=O)OC(C)(C)C)cc1C(=O)O. The lowest BCUT2D eigenvalue weighted by atomic mass is 10.1. The summed E-state index contributed by atoms with van der Waals surface area (Å²) in [4.78, 5) is 22.6. The quantitative estimate of drug-likeness (QED) is 0.677. The van der Waals surface area contributed by atoms with Gasteiger partial charge in [-0.05, 0) is 44.5 Å². The van der Waals surface area contributed by atoms with Gasteiger partial charge < -0.3 is 14.6 Å². The summed E-state index contributed by atoms with van der Waals surface area (Å²) in [6.45, 7) is 5.32. The number of rotatable bonds is 4. The van der Waals surface area contributed by atoms with E-state index in [1.54, 1.807) is 26.8 Å². The van der Waals surface area contributed by atoms with Gasteiger partial charge in [0, 0.05) is 6.08 Å². The van der Waals surface area contributed by atoms with Crippen molar-refractivity contribution >= 4 is 18.0 Å². The number of methoxy groups -OCH3 is 1. The Balaban J connectivity index is 2.91. The Labute approximate surface area is 117 Å². The summed E-state index contributed by atoms with van der Waals surface area (Å²) < 4.78 is 10.1. The van der Waals surface area contributed by atoms with Gasteiger partial charge in [0.15, 0.2) is 0 Å². The first kappa shape index (κ1) is 15.8. The maximum Gasteiger partial charge on any atom is 0.339 e. The average Bonchev–Trinajstić information content (AvgIpc) is 2.33. The molecule has 0 fully saturated rings. The molecule has 0 heterocycles. The molecule has 108 valence electrons. The molecule has 5 heteroatoms. The van der Waals surface area contributed by atoms with Crippen molar-refractivity contribution in [2.24, 2.45) is 0 Å². The van der Waals surface area contributed by atoms with E-state index in [-0.39, 0.29) is 11.3 Å². The van der Waals surface area contributed by atoms with E-state index in [2.05, 4.69) is 0 Å². The molecule has 1 N–H and O–H groups in total. The molecule has 0 atom stereocenters. The average molecular weight is 278 g/mol.